The van der Waals surface area contributed by atoms with Crippen molar-refractivity contribution in [3.8, 4) is 67.5 Å². The Morgan fingerprint density at radius 3 is 1.50 bits per heavy atom. The number of rotatable bonds is 4. The number of hydrogen-bond acceptors (Lipinski definition) is 6. The summed E-state index contributed by atoms with van der Waals surface area (Å²) >= 11 is 1.79. The van der Waals surface area contributed by atoms with Gasteiger partial charge in [0.05, 0.1) is 5.41 Å². The highest BCUT2D eigenvalue weighted by atomic mass is 32.1. The van der Waals surface area contributed by atoms with E-state index in [0.29, 0.717) is 17.5 Å². The molecule has 4 heterocycles. The van der Waals surface area contributed by atoms with E-state index in [2.05, 4.69) is 170 Å². The minimum absolute atomic E-state index is 0.390. The largest absolute Gasteiger partial charge is 0.456 e. The van der Waals surface area contributed by atoms with Gasteiger partial charge in [-0.2, -0.15) is 0 Å². The van der Waals surface area contributed by atoms with Crippen LogP contribution in [0.2, 0.25) is 0 Å². The summed E-state index contributed by atoms with van der Waals surface area (Å²) in [5, 5.41) is 6.42. The van der Waals surface area contributed by atoms with Crippen molar-refractivity contribution in [2.75, 3.05) is 0 Å². The number of hydrogen-bond donors (Lipinski definition) is 0. The van der Waals surface area contributed by atoms with Crippen molar-refractivity contribution in [1.82, 2.24) is 15.0 Å². The molecule has 324 valence electrons. The summed E-state index contributed by atoms with van der Waals surface area (Å²) in [6, 6.07) is 76.1. The Hall–Kier alpha value is -8.97. The number of para-hydroxylation sites is 1. The lowest BCUT2D eigenvalue weighted by atomic mass is 9.70. The highest BCUT2D eigenvalue weighted by Crippen LogP contribution is 2.63. The molecule has 0 radical (unpaired) electrons. The van der Waals surface area contributed by atoms with E-state index in [9.17, 15) is 0 Å². The van der Waals surface area contributed by atoms with Crippen molar-refractivity contribution in [1.29, 1.82) is 0 Å². The predicted molar refractivity (Wildman–Crippen MR) is 285 cm³/mol. The van der Waals surface area contributed by atoms with Crippen LogP contribution < -0.4 is 0 Å². The van der Waals surface area contributed by atoms with Gasteiger partial charge < -0.3 is 8.83 Å². The number of aromatic nitrogens is 3. The highest BCUT2D eigenvalue weighted by Gasteiger charge is 2.51. The maximum absolute atomic E-state index is 6.68. The minimum atomic E-state index is -0.390. The molecule has 0 fully saturated rings. The van der Waals surface area contributed by atoms with Crippen molar-refractivity contribution in [3.05, 3.63) is 235 Å². The van der Waals surface area contributed by atoms with Crippen molar-refractivity contribution in [2.45, 2.75) is 5.41 Å². The van der Waals surface area contributed by atoms with E-state index in [1.165, 1.54) is 64.7 Å². The van der Waals surface area contributed by atoms with Crippen LogP contribution in [-0.2, 0) is 5.41 Å². The molecule has 0 amide bonds. The molecule has 10 aromatic carbocycles. The number of fused-ring (bicyclic) bond motifs is 19. The fourth-order valence-corrected chi connectivity index (χ4v) is 13.2. The second-order valence-corrected chi connectivity index (χ2v) is 19.6. The Morgan fingerprint density at radius 2 is 0.786 bits per heavy atom. The van der Waals surface area contributed by atoms with Crippen LogP contribution in [0.3, 0.4) is 0 Å². The van der Waals surface area contributed by atoms with E-state index in [0.717, 1.165) is 71.7 Å². The van der Waals surface area contributed by atoms with Gasteiger partial charge in [-0.1, -0.05) is 164 Å². The van der Waals surface area contributed by atoms with Gasteiger partial charge in [-0.05, 0) is 104 Å². The van der Waals surface area contributed by atoms with Crippen molar-refractivity contribution >= 4 is 75.4 Å². The van der Waals surface area contributed by atoms with Crippen LogP contribution in [0.25, 0.3) is 132 Å². The number of benzene rings is 10. The first-order chi connectivity index (χ1) is 34.7. The molecule has 0 aliphatic heterocycles. The molecule has 0 unspecified atom stereocenters. The monoisotopic (exact) mass is 909 g/mol. The molecule has 0 N–H and O–H groups in total. The average Bonchev–Trinajstić information content (AvgIpc) is 4.23. The molecular weight excluding hydrogens is 875 g/mol. The fourth-order valence-electron chi connectivity index (χ4n) is 12.0. The predicted octanol–water partition coefficient (Wildman–Crippen LogP) is 17.0. The smallest absolute Gasteiger partial charge is 0.164 e. The summed E-state index contributed by atoms with van der Waals surface area (Å²) in [6.45, 7) is 0. The number of thiophene rings is 1. The van der Waals surface area contributed by atoms with Crippen LogP contribution in [0.4, 0.5) is 0 Å². The van der Waals surface area contributed by atoms with Crippen molar-refractivity contribution in [3.63, 3.8) is 0 Å². The Morgan fingerprint density at radius 1 is 0.300 bits per heavy atom. The average molecular weight is 910 g/mol. The molecule has 6 heteroatoms. The van der Waals surface area contributed by atoms with Gasteiger partial charge in [-0.15, -0.1) is 11.3 Å². The molecule has 14 aromatic rings. The summed E-state index contributed by atoms with van der Waals surface area (Å²) in [4.78, 5) is 16.0. The molecular formula is C64H35N3O2S. The topological polar surface area (TPSA) is 65.0 Å². The SMILES string of the molecule is c1ccc2c(c1)-c1ccccc1C21c2ccccc2-c2cc(-c3ccc4oc5cccc(-c6nc(-c7ccc8c(c7)sc7ccccc78)nc(-c7cccc8oc9ccccc9c78)n6)c5c4c3)ccc21. The Labute approximate surface area is 404 Å². The Kier molecular flexibility index (Phi) is 7.63. The van der Waals surface area contributed by atoms with Gasteiger partial charge in [0.2, 0.25) is 0 Å². The van der Waals surface area contributed by atoms with Gasteiger partial charge in [-0.3, -0.25) is 0 Å². The lowest BCUT2D eigenvalue weighted by Crippen LogP contribution is -2.25. The lowest BCUT2D eigenvalue weighted by molar-refractivity contribution is 0.668. The van der Waals surface area contributed by atoms with Crippen LogP contribution in [-0.4, -0.2) is 15.0 Å². The van der Waals surface area contributed by atoms with E-state index in [4.69, 9.17) is 23.8 Å². The first-order valence-corrected chi connectivity index (χ1v) is 24.5. The van der Waals surface area contributed by atoms with E-state index < -0.39 is 0 Å². The van der Waals surface area contributed by atoms with Crippen LogP contribution in [0, 0.1) is 0 Å². The third kappa shape index (κ3) is 5.12. The summed E-state index contributed by atoms with van der Waals surface area (Å²) in [7, 11) is 0. The second kappa shape index (κ2) is 14.0. The van der Waals surface area contributed by atoms with Crippen molar-refractivity contribution in [2.24, 2.45) is 0 Å². The van der Waals surface area contributed by atoms with Crippen LogP contribution in [0.5, 0.6) is 0 Å². The van der Waals surface area contributed by atoms with Crippen LogP contribution in [0.15, 0.2) is 221 Å². The molecule has 1 spiro atoms. The Balaban J connectivity index is 0.892. The minimum Gasteiger partial charge on any atom is -0.456 e. The zero-order valence-corrected chi connectivity index (χ0v) is 38.1. The van der Waals surface area contributed by atoms with Gasteiger partial charge >= 0.3 is 0 Å². The zero-order chi connectivity index (χ0) is 45.7. The van der Waals surface area contributed by atoms with E-state index in [1.54, 1.807) is 11.3 Å². The molecule has 0 bridgehead atoms. The van der Waals surface area contributed by atoms with Gasteiger partial charge in [0.15, 0.2) is 17.5 Å². The second-order valence-electron chi connectivity index (χ2n) is 18.5. The molecule has 0 atom stereocenters. The van der Waals surface area contributed by atoms with Crippen LogP contribution >= 0.6 is 11.3 Å². The summed E-state index contributed by atoms with van der Waals surface area (Å²) in [5.74, 6) is 1.73. The maximum atomic E-state index is 6.68. The zero-order valence-electron chi connectivity index (χ0n) is 37.3. The summed E-state index contributed by atoms with van der Waals surface area (Å²) in [5.41, 5.74) is 18.2. The normalized spacial score (nSPS) is 13.3. The Bertz CT molecular complexity index is 4530. The molecule has 16 rings (SSSR count). The summed E-state index contributed by atoms with van der Waals surface area (Å²) in [6.07, 6.45) is 0. The molecule has 2 aliphatic rings. The lowest BCUT2D eigenvalue weighted by Gasteiger charge is -2.30. The van der Waals surface area contributed by atoms with E-state index in [-0.39, 0.29) is 5.41 Å². The summed E-state index contributed by atoms with van der Waals surface area (Å²) < 4.78 is 15.5. The molecule has 0 saturated carbocycles. The molecule has 5 nitrogen and oxygen atoms in total. The van der Waals surface area contributed by atoms with E-state index >= 15 is 0 Å². The fraction of sp³-hybridized carbons (Fsp3) is 0.0156. The third-order valence-electron chi connectivity index (χ3n) is 15.0. The highest BCUT2D eigenvalue weighted by molar-refractivity contribution is 7.25. The van der Waals surface area contributed by atoms with Gasteiger partial charge in [-0.25, -0.2) is 15.0 Å². The van der Waals surface area contributed by atoms with Gasteiger partial charge in [0.1, 0.15) is 22.3 Å². The standard InChI is InChI=1S/C64H35N3O2S/c1-6-20-49-39(13-1)40-14-2-7-21-50(40)64(49)51-22-8-3-15-41(51)47-33-36(28-31-52(47)64)37-29-32-54-48(34-37)60-46(19-12-25-56(60)69-54)63-66-61(38-27-30-43-42-16-5-10-26-57(42)70-58(43)35-38)65-62(67-63)45-18-11-24-55-59(45)44-17-4-9-23-53(44)68-55/h1-35H. The molecule has 0 saturated heterocycles. The van der Waals surface area contributed by atoms with Crippen molar-refractivity contribution < 1.29 is 8.83 Å². The number of nitrogens with zero attached hydrogens (tertiary/aromatic N) is 3. The van der Waals surface area contributed by atoms with Crippen LogP contribution in [0.1, 0.15) is 22.3 Å². The molecule has 70 heavy (non-hydrogen) atoms. The first kappa shape index (κ1) is 38.0. The maximum Gasteiger partial charge on any atom is 0.164 e. The first-order valence-electron chi connectivity index (χ1n) is 23.7. The van der Waals surface area contributed by atoms with Gasteiger partial charge in [0.25, 0.3) is 0 Å². The third-order valence-corrected chi connectivity index (χ3v) is 16.1. The quantitative estimate of drug-likeness (QED) is 0.176. The van der Waals surface area contributed by atoms with E-state index in [1.807, 2.05) is 42.5 Å². The number of furan rings is 2. The molecule has 4 aromatic heterocycles. The molecule has 2 aliphatic carbocycles. The van der Waals surface area contributed by atoms with Gasteiger partial charge in [0, 0.05) is 58.4 Å².